The number of methoxy groups -OCH3 is 1. The minimum absolute atomic E-state index is 0.184. The molecule has 0 aromatic heterocycles. The molecule has 4 nitrogen and oxygen atoms in total. The Kier molecular flexibility index (Phi) is 3.27. The van der Waals surface area contributed by atoms with Crippen LogP contribution in [0.2, 0.25) is 0 Å². The molecule has 1 rings (SSSR count). The molecule has 0 aromatic carbocycles. The van der Waals surface area contributed by atoms with Crippen LogP contribution in [0.15, 0.2) is 0 Å². The summed E-state index contributed by atoms with van der Waals surface area (Å²) < 4.78 is 4.70. The summed E-state index contributed by atoms with van der Waals surface area (Å²) in [7, 11) is 1.40. The number of carbonyl (C=O) groups is 1. The number of aliphatic hydroxyl groups excluding tert-OH is 1. The monoisotopic (exact) mass is 187 g/mol. The molecule has 13 heavy (non-hydrogen) atoms. The largest absolute Gasteiger partial charge is 0.468 e. The molecule has 1 aliphatic heterocycles. The van der Waals surface area contributed by atoms with Crippen molar-refractivity contribution in [1.29, 1.82) is 0 Å². The van der Waals surface area contributed by atoms with Gasteiger partial charge in [-0.25, -0.2) is 0 Å². The van der Waals surface area contributed by atoms with E-state index in [1.54, 1.807) is 0 Å². The van der Waals surface area contributed by atoms with Crippen LogP contribution < -0.4 is 5.32 Å². The lowest BCUT2D eigenvalue weighted by Gasteiger charge is -2.20. The minimum atomic E-state index is -0.547. The lowest BCUT2D eigenvalue weighted by Crippen LogP contribution is -2.45. The number of esters is 1. The van der Waals surface area contributed by atoms with Crippen molar-refractivity contribution in [2.24, 2.45) is 5.92 Å². The quantitative estimate of drug-likeness (QED) is 0.606. The van der Waals surface area contributed by atoms with E-state index in [0.29, 0.717) is 5.92 Å². The third kappa shape index (κ3) is 2.19. The van der Waals surface area contributed by atoms with E-state index in [1.165, 1.54) is 7.11 Å². The number of hydrogen-bond acceptors (Lipinski definition) is 4. The Balaban J connectivity index is 2.50. The third-order valence-electron chi connectivity index (χ3n) is 2.65. The van der Waals surface area contributed by atoms with Gasteiger partial charge >= 0.3 is 5.97 Å². The predicted octanol–water partition coefficient (Wildman–Crippen LogP) is -0.0900. The first-order valence-corrected chi connectivity index (χ1v) is 4.56. The SMILES string of the molecule is COC(=O)C1(C)CC(CCO)CN1. The number of rotatable bonds is 3. The highest BCUT2D eigenvalue weighted by Gasteiger charge is 2.41. The van der Waals surface area contributed by atoms with Crippen molar-refractivity contribution in [2.45, 2.75) is 25.3 Å². The van der Waals surface area contributed by atoms with Crippen LogP contribution in [0.5, 0.6) is 0 Å². The van der Waals surface area contributed by atoms with Crippen LogP contribution in [0.1, 0.15) is 19.8 Å². The van der Waals surface area contributed by atoms with Crippen LogP contribution in [-0.2, 0) is 9.53 Å². The Bertz CT molecular complexity index is 195. The molecule has 0 amide bonds. The second-order valence-electron chi connectivity index (χ2n) is 3.79. The molecule has 1 saturated heterocycles. The van der Waals surface area contributed by atoms with E-state index < -0.39 is 5.54 Å². The van der Waals surface area contributed by atoms with Gasteiger partial charge < -0.3 is 15.2 Å². The minimum Gasteiger partial charge on any atom is -0.468 e. The first-order valence-electron chi connectivity index (χ1n) is 4.56. The van der Waals surface area contributed by atoms with E-state index in [4.69, 9.17) is 9.84 Å². The van der Waals surface area contributed by atoms with Gasteiger partial charge in [-0.3, -0.25) is 4.79 Å². The highest BCUT2D eigenvalue weighted by molar-refractivity contribution is 5.80. The second kappa shape index (κ2) is 4.07. The molecular weight excluding hydrogens is 170 g/mol. The number of aliphatic hydroxyl groups is 1. The molecule has 1 heterocycles. The highest BCUT2D eigenvalue weighted by atomic mass is 16.5. The topological polar surface area (TPSA) is 58.6 Å². The smallest absolute Gasteiger partial charge is 0.325 e. The number of carbonyl (C=O) groups excluding carboxylic acids is 1. The van der Waals surface area contributed by atoms with Gasteiger partial charge in [-0.1, -0.05) is 0 Å². The zero-order chi connectivity index (χ0) is 9.90. The average molecular weight is 187 g/mol. The van der Waals surface area contributed by atoms with Crippen molar-refractivity contribution in [3.63, 3.8) is 0 Å². The van der Waals surface area contributed by atoms with E-state index >= 15 is 0 Å². The molecule has 0 aliphatic carbocycles. The maximum absolute atomic E-state index is 11.3. The molecule has 2 atom stereocenters. The standard InChI is InChI=1S/C9H17NO3/c1-9(8(12)13-2)5-7(3-4-11)6-10-9/h7,10-11H,3-6H2,1-2H3. The first kappa shape index (κ1) is 10.5. The van der Waals surface area contributed by atoms with Gasteiger partial charge in [0.25, 0.3) is 0 Å². The van der Waals surface area contributed by atoms with Crippen molar-refractivity contribution < 1.29 is 14.6 Å². The lowest BCUT2D eigenvalue weighted by atomic mass is 9.93. The fraction of sp³-hybridized carbons (Fsp3) is 0.889. The number of nitrogens with one attached hydrogen (secondary N) is 1. The number of ether oxygens (including phenoxy) is 1. The Hall–Kier alpha value is -0.610. The summed E-state index contributed by atoms with van der Waals surface area (Å²) in [5.74, 6) is 0.169. The van der Waals surface area contributed by atoms with Crippen molar-refractivity contribution >= 4 is 5.97 Å². The van der Waals surface area contributed by atoms with E-state index in [0.717, 1.165) is 19.4 Å². The maximum Gasteiger partial charge on any atom is 0.325 e. The molecule has 1 fully saturated rings. The number of hydrogen-bond donors (Lipinski definition) is 2. The Morgan fingerprint density at radius 3 is 3.00 bits per heavy atom. The maximum atomic E-state index is 11.3. The predicted molar refractivity (Wildman–Crippen MR) is 48.2 cm³/mol. The summed E-state index contributed by atoms with van der Waals surface area (Å²) in [4.78, 5) is 11.3. The summed E-state index contributed by atoms with van der Waals surface area (Å²) in [6.07, 6.45) is 1.50. The van der Waals surface area contributed by atoms with Gasteiger partial charge in [0.2, 0.25) is 0 Å². The van der Waals surface area contributed by atoms with E-state index in [2.05, 4.69) is 5.32 Å². The van der Waals surface area contributed by atoms with Crippen molar-refractivity contribution in [2.75, 3.05) is 20.3 Å². The molecule has 0 radical (unpaired) electrons. The van der Waals surface area contributed by atoms with Gasteiger partial charge in [0.05, 0.1) is 7.11 Å². The van der Waals surface area contributed by atoms with Crippen molar-refractivity contribution in [3.05, 3.63) is 0 Å². The Morgan fingerprint density at radius 2 is 2.46 bits per heavy atom. The van der Waals surface area contributed by atoms with Crippen LogP contribution >= 0.6 is 0 Å². The Labute approximate surface area is 78.3 Å². The Morgan fingerprint density at radius 1 is 1.77 bits per heavy atom. The zero-order valence-corrected chi connectivity index (χ0v) is 8.17. The zero-order valence-electron chi connectivity index (χ0n) is 8.17. The fourth-order valence-corrected chi connectivity index (χ4v) is 1.86. The third-order valence-corrected chi connectivity index (χ3v) is 2.65. The molecule has 2 unspecified atom stereocenters. The summed E-state index contributed by atoms with van der Waals surface area (Å²) in [5, 5.41) is 11.9. The fourth-order valence-electron chi connectivity index (χ4n) is 1.86. The van der Waals surface area contributed by atoms with Crippen molar-refractivity contribution in [3.8, 4) is 0 Å². The van der Waals surface area contributed by atoms with Crippen LogP contribution in [0.25, 0.3) is 0 Å². The van der Waals surface area contributed by atoms with E-state index in [-0.39, 0.29) is 12.6 Å². The van der Waals surface area contributed by atoms with Gasteiger partial charge in [-0.15, -0.1) is 0 Å². The van der Waals surface area contributed by atoms with Gasteiger partial charge in [-0.05, 0) is 32.2 Å². The summed E-state index contributed by atoms with van der Waals surface area (Å²) in [6.45, 7) is 2.81. The second-order valence-corrected chi connectivity index (χ2v) is 3.79. The average Bonchev–Trinajstić information content (AvgIpc) is 2.48. The van der Waals surface area contributed by atoms with Crippen molar-refractivity contribution in [1.82, 2.24) is 5.32 Å². The summed E-state index contributed by atoms with van der Waals surface area (Å²) in [6, 6.07) is 0. The molecule has 76 valence electrons. The van der Waals surface area contributed by atoms with E-state index in [1.807, 2.05) is 6.92 Å². The molecule has 0 spiro atoms. The van der Waals surface area contributed by atoms with Crippen LogP contribution in [-0.4, -0.2) is 36.9 Å². The molecule has 2 N–H and O–H groups in total. The van der Waals surface area contributed by atoms with Gasteiger partial charge in [-0.2, -0.15) is 0 Å². The van der Waals surface area contributed by atoms with Gasteiger partial charge in [0.1, 0.15) is 5.54 Å². The van der Waals surface area contributed by atoms with Crippen LogP contribution in [0.4, 0.5) is 0 Å². The first-order chi connectivity index (χ1) is 6.12. The normalized spacial score (nSPS) is 33.3. The molecular formula is C9H17NO3. The van der Waals surface area contributed by atoms with Gasteiger partial charge in [0.15, 0.2) is 0 Å². The highest BCUT2D eigenvalue weighted by Crippen LogP contribution is 2.26. The van der Waals surface area contributed by atoms with E-state index in [9.17, 15) is 4.79 Å². The van der Waals surface area contributed by atoms with Gasteiger partial charge in [0, 0.05) is 6.61 Å². The molecule has 0 aromatic rings. The summed E-state index contributed by atoms with van der Waals surface area (Å²) in [5.41, 5.74) is -0.547. The molecule has 0 bridgehead atoms. The summed E-state index contributed by atoms with van der Waals surface area (Å²) >= 11 is 0. The van der Waals surface area contributed by atoms with Crippen LogP contribution in [0.3, 0.4) is 0 Å². The molecule has 0 saturated carbocycles. The van der Waals surface area contributed by atoms with Crippen LogP contribution in [0, 0.1) is 5.92 Å². The molecule has 4 heteroatoms. The lowest BCUT2D eigenvalue weighted by molar-refractivity contribution is -0.147. The molecule has 1 aliphatic rings.